The molecule has 2 N–H and O–H groups in total. The van der Waals surface area contributed by atoms with Gasteiger partial charge in [0.15, 0.2) is 5.96 Å². The van der Waals surface area contributed by atoms with Gasteiger partial charge in [-0.3, -0.25) is 9.89 Å². The van der Waals surface area contributed by atoms with Crippen LogP contribution in [0.1, 0.15) is 33.1 Å². The van der Waals surface area contributed by atoms with Crippen molar-refractivity contribution >= 4 is 17.7 Å². The first-order valence-corrected chi connectivity index (χ1v) is 11.2. The van der Waals surface area contributed by atoms with Gasteiger partial charge in [0.2, 0.25) is 0 Å². The maximum absolute atomic E-state index is 5.54. The number of guanidine groups is 1. The zero-order valence-corrected chi connectivity index (χ0v) is 17.9. The summed E-state index contributed by atoms with van der Waals surface area (Å²) >= 11 is 1.95. The Hall–Kier alpha value is -0.500. The van der Waals surface area contributed by atoms with Crippen molar-refractivity contribution < 1.29 is 9.47 Å². The van der Waals surface area contributed by atoms with Gasteiger partial charge in [0.05, 0.1) is 13.2 Å². The van der Waals surface area contributed by atoms with Crippen molar-refractivity contribution in [2.45, 2.75) is 43.9 Å². The summed E-state index contributed by atoms with van der Waals surface area (Å²) < 4.78 is 11.3. The van der Waals surface area contributed by atoms with Gasteiger partial charge in [-0.15, -0.1) is 0 Å². The fraction of sp³-hybridized carbons (Fsp3) is 0.947. The Bertz CT molecular complexity index is 422. The average Bonchev–Trinajstić information content (AvgIpc) is 2.68. The predicted molar refractivity (Wildman–Crippen MR) is 111 cm³/mol. The minimum atomic E-state index is 0.261. The maximum Gasteiger partial charge on any atom is 0.191 e. The molecule has 2 aliphatic heterocycles. The largest absolute Gasteiger partial charge is 0.381 e. The van der Waals surface area contributed by atoms with Crippen LogP contribution in [0.4, 0.5) is 0 Å². The molecule has 0 aromatic carbocycles. The van der Waals surface area contributed by atoms with Gasteiger partial charge < -0.3 is 20.1 Å². The molecule has 7 heteroatoms. The number of thioether (sulfide) groups is 1. The van der Waals surface area contributed by atoms with E-state index in [4.69, 9.17) is 9.47 Å². The van der Waals surface area contributed by atoms with Gasteiger partial charge in [-0.1, -0.05) is 13.8 Å². The average molecular weight is 387 g/mol. The lowest BCUT2D eigenvalue weighted by atomic mass is 9.99. The van der Waals surface area contributed by atoms with Gasteiger partial charge in [-0.25, -0.2) is 0 Å². The van der Waals surface area contributed by atoms with Crippen LogP contribution >= 0.6 is 11.8 Å². The van der Waals surface area contributed by atoms with Crippen LogP contribution in [-0.2, 0) is 9.47 Å². The van der Waals surface area contributed by atoms with E-state index in [1.165, 1.54) is 6.42 Å². The lowest BCUT2D eigenvalue weighted by Gasteiger charge is -2.37. The number of hydrogen-bond donors (Lipinski definition) is 2. The fourth-order valence-corrected chi connectivity index (χ4v) is 4.52. The Morgan fingerprint density at radius 2 is 1.77 bits per heavy atom. The highest BCUT2D eigenvalue weighted by Crippen LogP contribution is 2.32. The molecule has 1 atom stereocenters. The van der Waals surface area contributed by atoms with Crippen LogP contribution in [0.25, 0.3) is 0 Å². The smallest absolute Gasteiger partial charge is 0.191 e. The SMILES string of the molecule is CN=C(NCC(CC(C)C)N1CCOCC1)NCC1(SC)CCOCC1. The molecule has 152 valence electrons. The normalized spacial score (nSPS) is 23.0. The molecule has 6 nitrogen and oxygen atoms in total. The summed E-state index contributed by atoms with van der Waals surface area (Å²) in [6, 6.07) is 0.523. The van der Waals surface area contributed by atoms with E-state index < -0.39 is 0 Å². The number of morpholine rings is 1. The minimum Gasteiger partial charge on any atom is -0.381 e. The molecule has 2 rings (SSSR count). The Labute approximate surface area is 163 Å². The molecule has 2 aliphatic rings. The zero-order chi connectivity index (χ0) is 18.8. The molecule has 0 aromatic heterocycles. The van der Waals surface area contributed by atoms with Crippen molar-refractivity contribution in [3.8, 4) is 0 Å². The van der Waals surface area contributed by atoms with E-state index in [2.05, 4.69) is 40.6 Å². The molecule has 0 amide bonds. The van der Waals surface area contributed by atoms with E-state index in [9.17, 15) is 0 Å². The van der Waals surface area contributed by atoms with Crippen LogP contribution in [0, 0.1) is 5.92 Å². The van der Waals surface area contributed by atoms with Gasteiger partial charge in [0.25, 0.3) is 0 Å². The zero-order valence-electron chi connectivity index (χ0n) is 17.1. The second kappa shape index (κ2) is 11.4. The third kappa shape index (κ3) is 6.91. The number of ether oxygens (including phenoxy) is 2. The standard InChI is InChI=1S/C19H38N4O2S/c1-16(2)13-17(23-7-11-25-12-8-23)14-21-18(20-3)22-15-19(26-4)5-9-24-10-6-19/h16-17H,5-15H2,1-4H3,(H2,20,21,22). The van der Waals surface area contributed by atoms with E-state index in [1.54, 1.807) is 0 Å². The quantitative estimate of drug-likeness (QED) is 0.490. The van der Waals surface area contributed by atoms with Gasteiger partial charge >= 0.3 is 0 Å². The first-order valence-electron chi connectivity index (χ1n) is 9.98. The Balaban J connectivity index is 1.84. The summed E-state index contributed by atoms with van der Waals surface area (Å²) in [5.74, 6) is 1.59. The Morgan fingerprint density at radius 3 is 2.35 bits per heavy atom. The van der Waals surface area contributed by atoms with E-state index >= 15 is 0 Å². The highest BCUT2D eigenvalue weighted by atomic mass is 32.2. The maximum atomic E-state index is 5.54. The first-order chi connectivity index (χ1) is 12.6. The molecule has 0 aromatic rings. The van der Waals surface area contributed by atoms with Crippen molar-refractivity contribution in [3.63, 3.8) is 0 Å². The Kier molecular flexibility index (Phi) is 9.53. The van der Waals surface area contributed by atoms with Gasteiger partial charge in [-0.2, -0.15) is 11.8 Å². The number of nitrogens with one attached hydrogen (secondary N) is 2. The molecule has 26 heavy (non-hydrogen) atoms. The summed E-state index contributed by atoms with van der Waals surface area (Å²) in [5.41, 5.74) is 0. The molecule has 2 heterocycles. The van der Waals surface area contributed by atoms with Crippen LogP contribution in [0.5, 0.6) is 0 Å². The third-order valence-electron chi connectivity index (χ3n) is 5.45. The van der Waals surface area contributed by atoms with Crippen LogP contribution < -0.4 is 10.6 Å². The van der Waals surface area contributed by atoms with Crippen molar-refractivity contribution in [3.05, 3.63) is 0 Å². The lowest BCUT2D eigenvalue weighted by molar-refractivity contribution is 0.0132. The van der Waals surface area contributed by atoms with Gasteiger partial charge in [-0.05, 0) is 31.4 Å². The fourth-order valence-electron chi connectivity index (χ4n) is 3.72. The van der Waals surface area contributed by atoms with Crippen molar-refractivity contribution in [2.24, 2.45) is 10.9 Å². The van der Waals surface area contributed by atoms with E-state index in [-0.39, 0.29) is 4.75 Å². The van der Waals surface area contributed by atoms with Crippen molar-refractivity contribution in [1.82, 2.24) is 15.5 Å². The summed E-state index contributed by atoms with van der Waals surface area (Å²) in [5, 5.41) is 7.13. The van der Waals surface area contributed by atoms with Gasteiger partial charge in [0.1, 0.15) is 0 Å². The summed E-state index contributed by atoms with van der Waals surface area (Å²) in [4.78, 5) is 7.01. The highest BCUT2D eigenvalue weighted by molar-refractivity contribution is 8.00. The molecule has 0 spiro atoms. The van der Waals surface area contributed by atoms with Crippen LogP contribution in [-0.4, -0.2) is 87.6 Å². The summed E-state index contributed by atoms with van der Waals surface area (Å²) in [6.07, 6.45) is 5.60. The molecular weight excluding hydrogens is 348 g/mol. The van der Waals surface area contributed by atoms with E-state index in [1.807, 2.05) is 18.8 Å². The van der Waals surface area contributed by atoms with Crippen LogP contribution in [0.2, 0.25) is 0 Å². The van der Waals surface area contributed by atoms with E-state index in [0.29, 0.717) is 12.0 Å². The molecule has 0 radical (unpaired) electrons. The highest BCUT2D eigenvalue weighted by Gasteiger charge is 2.32. The number of nitrogens with zero attached hydrogens (tertiary/aromatic N) is 2. The topological polar surface area (TPSA) is 58.1 Å². The van der Waals surface area contributed by atoms with Gasteiger partial charge in [0, 0.05) is 57.2 Å². The second-order valence-corrected chi connectivity index (χ2v) is 9.01. The monoisotopic (exact) mass is 386 g/mol. The second-order valence-electron chi connectivity index (χ2n) is 7.74. The van der Waals surface area contributed by atoms with E-state index in [0.717, 1.165) is 71.4 Å². The summed E-state index contributed by atoms with van der Waals surface area (Å²) in [6.45, 7) is 11.9. The lowest BCUT2D eigenvalue weighted by Crippen LogP contribution is -2.52. The van der Waals surface area contributed by atoms with Crippen molar-refractivity contribution in [1.29, 1.82) is 0 Å². The number of hydrogen-bond acceptors (Lipinski definition) is 5. The van der Waals surface area contributed by atoms with Crippen molar-refractivity contribution in [2.75, 3.05) is 65.9 Å². The first kappa shape index (κ1) is 21.8. The Morgan fingerprint density at radius 1 is 1.12 bits per heavy atom. The molecule has 1 unspecified atom stereocenters. The molecule has 0 saturated carbocycles. The van der Waals surface area contributed by atoms with Crippen LogP contribution in [0.3, 0.4) is 0 Å². The van der Waals surface area contributed by atoms with Crippen LogP contribution in [0.15, 0.2) is 4.99 Å². The number of rotatable bonds is 8. The molecule has 2 saturated heterocycles. The molecule has 2 fully saturated rings. The molecule has 0 bridgehead atoms. The minimum absolute atomic E-state index is 0.261. The summed E-state index contributed by atoms with van der Waals surface area (Å²) in [7, 11) is 1.86. The number of aliphatic imine (C=N–C) groups is 1. The molecule has 0 aliphatic carbocycles. The molecular formula is C19H38N4O2S. The predicted octanol–water partition coefficient (Wildman–Crippen LogP) is 1.81. The third-order valence-corrected chi connectivity index (χ3v) is 6.87.